The number of thiazole rings is 1. The molecule has 7 heteroatoms. The molecule has 2 N–H and O–H groups in total. The third-order valence-corrected chi connectivity index (χ3v) is 6.74. The number of hydrogen-bond acceptors (Lipinski definition) is 4. The fourth-order valence-electron chi connectivity index (χ4n) is 2.65. The van der Waals surface area contributed by atoms with E-state index in [-0.39, 0.29) is 24.0 Å². The highest BCUT2D eigenvalue weighted by molar-refractivity contribution is 14.0. The van der Waals surface area contributed by atoms with Gasteiger partial charge in [-0.1, -0.05) is 18.2 Å². The number of guanidine groups is 1. The van der Waals surface area contributed by atoms with Gasteiger partial charge in [0.1, 0.15) is 0 Å². The minimum absolute atomic E-state index is 0. The molecule has 26 heavy (non-hydrogen) atoms. The summed E-state index contributed by atoms with van der Waals surface area (Å²) in [4.78, 5) is 11.8. The molecule has 1 aromatic carbocycles. The first kappa shape index (κ1) is 21.5. The van der Waals surface area contributed by atoms with E-state index in [1.165, 1.54) is 22.6 Å². The molecule has 1 saturated carbocycles. The molecule has 1 aromatic heterocycles. The first-order valence-electron chi connectivity index (χ1n) is 8.79. The molecule has 1 fully saturated rings. The van der Waals surface area contributed by atoms with Crippen LogP contribution >= 0.6 is 47.1 Å². The zero-order valence-corrected chi connectivity index (χ0v) is 19.5. The Labute approximate surface area is 181 Å². The number of aryl methyl sites for hydroxylation is 2. The average Bonchev–Trinajstić information content (AvgIpc) is 3.28. The van der Waals surface area contributed by atoms with Gasteiger partial charge in [0.25, 0.3) is 0 Å². The number of hydrogen-bond donors (Lipinski definition) is 2. The van der Waals surface area contributed by atoms with Crippen LogP contribution in [-0.4, -0.2) is 28.8 Å². The number of nitrogens with one attached hydrogen (secondary N) is 2. The maximum atomic E-state index is 4.75. The van der Waals surface area contributed by atoms with Crippen LogP contribution in [0.4, 0.5) is 0 Å². The Hall–Kier alpha value is -0.800. The van der Waals surface area contributed by atoms with Crippen LogP contribution in [-0.2, 0) is 6.54 Å². The molecule has 1 heterocycles. The molecule has 2 aromatic rings. The molecular formula is C19H27IN4S2. The van der Waals surface area contributed by atoms with Crippen LogP contribution in [0.5, 0.6) is 0 Å². The second kappa shape index (κ2) is 9.94. The van der Waals surface area contributed by atoms with Gasteiger partial charge in [-0.15, -0.1) is 47.1 Å². The number of aromatic nitrogens is 1. The van der Waals surface area contributed by atoms with Gasteiger partial charge in [0.05, 0.1) is 17.2 Å². The van der Waals surface area contributed by atoms with Crippen molar-refractivity contribution in [3.8, 4) is 0 Å². The second-order valence-electron chi connectivity index (χ2n) is 6.39. The van der Waals surface area contributed by atoms with Gasteiger partial charge >= 0.3 is 0 Å². The molecule has 1 aliphatic carbocycles. The highest BCUT2D eigenvalue weighted by Gasteiger charge is 2.43. The first-order valence-corrected chi connectivity index (χ1v) is 10.4. The molecule has 4 nitrogen and oxygen atoms in total. The predicted molar refractivity (Wildman–Crippen MR) is 124 cm³/mol. The fourth-order valence-corrected chi connectivity index (χ4v) is 4.76. The molecule has 3 rings (SSSR count). The highest BCUT2D eigenvalue weighted by atomic mass is 127. The summed E-state index contributed by atoms with van der Waals surface area (Å²) in [6.07, 6.45) is 2.51. The number of thioether (sulfide) groups is 1. The topological polar surface area (TPSA) is 49.3 Å². The van der Waals surface area contributed by atoms with E-state index in [0.717, 1.165) is 29.8 Å². The van der Waals surface area contributed by atoms with Crippen LogP contribution in [0.3, 0.4) is 0 Å². The lowest BCUT2D eigenvalue weighted by Gasteiger charge is -2.18. The summed E-state index contributed by atoms with van der Waals surface area (Å²) < 4.78 is 0.314. The van der Waals surface area contributed by atoms with Crippen molar-refractivity contribution in [3.05, 3.63) is 45.9 Å². The molecule has 0 amide bonds. The van der Waals surface area contributed by atoms with E-state index in [1.807, 2.05) is 18.7 Å². The van der Waals surface area contributed by atoms with Crippen LogP contribution in [0.1, 0.15) is 35.3 Å². The number of halogens is 1. The van der Waals surface area contributed by atoms with E-state index < -0.39 is 0 Å². The number of rotatable bonds is 7. The molecule has 0 saturated heterocycles. The quantitative estimate of drug-likeness (QED) is 0.326. The summed E-state index contributed by atoms with van der Waals surface area (Å²) in [5, 5.41) is 8.01. The summed E-state index contributed by atoms with van der Waals surface area (Å²) in [5.41, 5.74) is 1.10. The molecule has 0 radical (unpaired) electrons. The van der Waals surface area contributed by atoms with Gasteiger partial charge in [-0.2, -0.15) is 0 Å². The lowest BCUT2D eigenvalue weighted by atomic mass is 10.4. The smallest absolute Gasteiger partial charge is 0.191 e. The molecule has 0 spiro atoms. The summed E-state index contributed by atoms with van der Waals surface area (Å²) in [6.45, 7) is 8.71. The normalized spacial score (nSPS) is 15.3. The van der Waals surface area contributed by atoms with E-state index in [4.69, 9.17) is 4.99 Å². The van der Waals surface area contributed by atoms with E-state index in [9.17, 15) is 0 Å². The van der Waals surface area contributed by atoms with Crippen LogP contribution < -0.4 is 10.6 Å². The maximum absolute atomic E-state index is 4.75. The van der Waals surface area contributed by atoms with Gasteiger partial charge in [-0.05, 0) is 45.7 Å². The van der Waals surface area contributed by atoms with E-state index >= 15 is 0 Å². The predicted octanol–water partition coefficient (Wildman–Crippen LogP) is 4.76. The van der Waals surface area contributed by atoms with Gasteiger partial charge in [-0.3, -0.25) is 0 Å². The Kier molecular flexibility index (Phi) is 8.22. The lowest BCUT2D eigenvalue weighted by molar-refractivity contribution is 0.769. The molecule has 0 atom stereocenters. The highest BCUT2D eigenvalue weighted by Crippen LogP contribution is 2.51. The zero-order chi connectivity index (χ0) is 17.7. The third kappa shape index (κ3) is 6.13. The number of aliphatic imine (C=N–C) groups is 1. The Morgan fingerprint density at radius 2 is 1.96 bits per heavy atom. The number of benzene rings is 1. The van der Waals surface area contributed by atoms with Gasteiger partial charge in [0.2, 0.25) is 0 Å². The molecule has 142 valence electrons. The van der Waals surface area contributed by atoms with Crippen molar-refractivity contribution in [1.82, 2.24) is 15.6 Å². The van der Waals surface area contributed by atoms with Crippen LogP contribution in [0, 0.1) is 13.8 Å². The second-order valence-corrected chi connectivity index (χ2v) is 9.22. The summed E-state index contributed by atoms with van der Waals surface area (Å²) >= 11 is 3.72. The average molecular weight is 502 g/mol. The Morgan fingerprint density at radius 3 is 2.54 bits per heavy atom. The monoisotopic (exact) mass is 502 g/mol. The molecular weight excluding hydrogens is 475 g/mol. The Balaban J connectivity index is 0.00000243. The maximum Gasteiger partial charge on any atom is 0.191 e. The van der Waals surface area contributed by atoms with E-state index in [2.05, 4.69) is 59.8 Å². The van der Waals surface area contributed by atoms with Gasteiger partial charge in [-0.25, -0.2) is 9.98 Å². The Bertz CT molecular complexity index is 726. The largest absolute Gasteiger partial charge is 0.357 e. The summed E-state index contributed by atoms with van der Waals surface area (Å²) in [6, 6.07) is 10.7. The summed E-state index contributed by atoms with van der Waals surface area (Å²) in [7, 11) is 0. The van der Waals surface area contributed by atoms with Crippen molar-refractivity contribution in [2.24, 2.45) is 4.99 Å². The minimum Gasteiger partial charge on any atom is -0.357 e. The molecule has 0 aliphatic heterocycles. The van der Waals surface area contributed by atoms with Crippen molar-refractivity contribution < 1.29 is 0 Å². The SMILES string of the molecule is CCNC(=NCc1sc(C)nc1C)NCC1(Sc2ccccc2)CC1.I. The minimum atomic E-state index is 0. The van der Waals surface area contributed by atoms with Gasteiger partial charge in [0.15, 0.2) is 5.96 Å². The van der Waals surface area contributed by atoms with Crippen LogP contribution in [0.25, 0.3) is 0 Å². The Morgan fingerprint density at radius 1 is 1.23 bits per heavy atom. The number of nitrogens with zero attached hydrogens (tertiary/aromatic N) is 2. The first-order chi connectivity index (χ1) is 12.1. The lowest BCUT2D eigenvalue weighted by Crippen LogP contribution is -2.41. The van der Waals surface area contributed by atoms with Crippen molar-refractivity contribution >= 4 is 53.0 Å². The molecule has 0 bridgehead atoms. The van der Waals surface area contributed by atoms with Crippen LogP contribution in [0.2, 0.25) is 0 Å². The van der Waals surface area contributed by atoms with Crippen molar-refractivity contribution in [3.63, 3.8) is 0 Å². The standard InChI is InChI=1S/C19H26N4S2.HI/c1-4-20-18(21-12-17-14(2)23-15(3)24-17)22-13-19(10-11-19)25-16-8-6-5-7-9-16;/h5-9H,4,10-13H2,1-3H3,(H2,20,21,22);1H. The van der Waals surface area contributed by atoms with Crippen LogP contribution in [0.15, 0.2) is 40.2 Å². The molecule has 1 aliphatic rings. The fraction of sp³-hybridized carbons (Fsp3) is 0.474. The zero-order valence-electron chi connectivity index (χ0n) is 15.5. The summed E-state index contributed by atoms with van der Waals surface area (Å²) in [5.74, 6) is 0.896. The van der Waals surface area contributed by atoms with Gasteiger partial charge in [0, 0.05) is 27.6 Å². The van der Waals surface area contributed by atoms with Crippen molar-refractivity contribution in [1.29, 1.82) is 0 Å². The van der Waals surface area contributed by atoms with Gasteiger partial charge < -0.3 is 10.6 Å². The van der Waals surface area contributed by atoms with Crippen molar-refractivity contribution in [2.45, 2.75) is 49.8 Å². The van der Waals surface area contributed by atoms with E-state index in [0.29, 0.717) is 11.3 Å². The van der Waals surface area contributed by atoms with Crippen molar-refractivity contribution in [2.75, 3.05) is 13.1 Å². The third-order valence-electron chi connectivity index (χ3n) is 4.19. The molecule has 0 unspecified atom stereocenters. The van der Waals surface area contributed by atoms with E-state index in [1.54, 1.807) is 11.3 Å².